The van der Waals surface area contributed by atoms with Gasteiger partial charge in [0.1, 0.15) is 6.61 Å². The maximum absolute atomic E-state index is 11.9. The van der Waals surface area contributed by atoms with Crippen LogP contribution >= 0.6 is 24.0 Å². The number of aliphatic imine (C=N–C) groups is 1. The van der Waals surface area contributed by atoms with Crippen LogP contribution < -0.4 is 10.6 Å². The zero-order valence-electron chi connectivity index (χ0n) is 14.9. The lowest BCUT2D eigenvalue weighted by molar-refractivity contribution is -0.173. The highest BCUT2D eigenvalue weighted by Crippen LogP contribution is 2.14. The molecule has 0 aromatic rings. The second-order valence-corrected chi connectivity index (χ2v) is 5.47. The molecule has 0 bridgehead atoms. The van der Waals surface area contributed by atoms with E-state index >= 15 is 0 Å². The summed E-state index contributed by atoms with van der Waals surface area (Å²) < 4.78 is 45.9. The van der Waals surface area contributed by atoms with Crippen molar-refractivity contribution < 1.29 is 22.6 Å². The Bertz CT molecular complexity index is 330. The van der Waals surface area contributed by atoms with Crippen molar-refractivity contribution in [1.29, 1.82) is 0 Å². The van der Waals surface area contributed by atoms with Crippen LogP contribution in [-0.2, 0) is 9.47 Å². The van der Waals surface area contributed by atoms with Gasteiger partial charge in [-0.1, -0.05) is 13.8 Å². The number of nitrogens with zero attached hydrogens (tertiary/aromatic N) is 1. The van der Waals surface area contributed by atoms with Crippen molar-refractivity contribution in [3.8, 4) is 0 Å². The van der Waals surface area contributed by atoms with E-state index in [9.17, 15) is 13.2 Å². The number of hydrogen-bond acceptors (Lipinski definition) is 3. The summed E-state index contributed by atoms with van der Waals surface area (Å²) in [6, 6.07) is 0. The average molecular weight is 469 g/mol. The first-order chi connectivity index (χ1) is 10.8. The largest absolute Gasteiger partial charge is 0.411 e. The summed E-state index contributed by atoms with van der Waals surface area (Å²) in [5.41, 5.74) is 0. The highest BCUT2D eigenvalue weighted by molar-refractivity contribution is 14.0. The minimum Gasteiger partial charge on any atom is -0.378 e. The standard InChI is InChI=1S/C15H30F3N3O2.HI/c1-5-23-13(12(2)3)7-9-21-14(19-4)20-8-6-10-22-11-15(16,17)18;/h12-13H,5-11H2,1-4H3,(H2,19,20,21);1H. The third-order valence-electron chi connectivity index (χ3n) is 3.09. The third kappa shape index (κ3) is 15.3. The minimum atomic E-state index is -4.27. The molecule has 0 amide bonds. The van der Waals surface area contributed by atoms with Crippen molar-refractivity contribution in [3.63, 3.8) is 0 Å². The highest BCUT2D eigenvalue weighted by Gasteiger charge is 2.27. The van der Waals surface area contributed by atoms with Crippen LogP contribution in [0.4, 0.5) is 13.2 Å². The van der Waals surface area contributed by atoms with Crippen LogP contribution in [0.15, 0.2) is 4.99 Å². The van der Waals surface area contributed by atoms with Gasteiger partial charge in [-0.3, -0.25) is 4.99 Å². The number of halogens is 4. The van der Waals surface area contributed by atoms with Crippen molar-refractivity contribution in [2.45, 2.75) is 45.9 Å². The van der Waals surface area contributed by atoms with Crippen LogP contribution in [0.3, 0.4) is 0 Å². The van der Waals surface area contributed by atoms with Gasteiger partial charge >= 0.3 is 6.18 Å². The fourth-order valence-electron chi connectivity index (χ4n) is 1.95. The summed E-state index contributed by atoms with van der Waals surface area (Å²) in [6.45, 7) is 6.97. The van der Waals surface area contributed by atoms with Crippen molar-refractivity contribution in [1.82, 2.24) is 10.6 Å². The minimum absolute atomic E-state index is 0. The Morgan fingerprint density at radius 1 is 1.17 bits per heavy atom. The van der Waals surface area contributed by atoms with Crippen LogP contribution in [0.5, 0.6) is 0 Å². The number of hydrogen-bond donors (Lipinski definition) is 2. The smallest absolute Gasteiger partial charge is 0.378 e. The molecule has 1 unspecified atom stereocenters. The molecule has 0 aromatic carbocycles. The number of ether oxygens (including phenoxy) is 2. The van der Waals surface area contributed by atoms with Crippen molar-refractivity contribution >= 4 is 29.9 Å². The van der Waals surface area contributed by atoms with Gasteiger partial charge in [0.2, 0.25) is 0 Å². The van der Waals surface area contributed by atoms with E-state index in [0.29, 0.717) is 38.0 Å². The summed E-state index contributed by atoms with van der Waals surface area (Å²) in [7, 11) is 1.65. The molecule has 146 valence electrons. The molecular formula is C15H31F3IN3O2. The van der Waals surface area contributed by atoms with E-state index in [4.69, 9.17) is 4.74 Å². The third-order valence-corrected chi connectivity index (χ3v) is 3.09. The quantitative estimate of drug-likeness (QED) is 0.211. The number of guanidine groups is 1. The van der Waals surface area contributed by atoms with Gasteiger partial charge in [-0.2, -0.15) is 13.2 Å². The van der Waals surface area contributed by atoms with Crippen molar-refractivity contribution in [2.24, 2.45) is 10.9 Å². The maximum Gasteiger partial charge on any atom is 0.411 e. The molecule has 0 aromatic heterocycles. The van der Waals surface area contributed by atoms with E-state index in [0.717, 1.165) is 6.42 Å². The second kappa shape index (κ2) is 15.0. The fraction of sp³-hybridized carbons (Fsp3) is 0.933. The van der Waals surface area contributed by atoms with Crippen LogP contribution in [0.25, 0.3) is 0 Å². The van der Waals surface area contributed by atoms with Gasteiger partial charge < -0.3 is 20.1 Å². The summed E-state index contributed by atoms with van der Waals surface area (Å²) >= 11 is 0. The Morgan fingerprint density at radius 3 is 2.29 bits per heavy atom. The number of alkyl halides is 3. The lowest BCUT2D eigenvalue weighted by Crippen LogP contribution is -2.40. The van der Waals surface area contributed by atoms with Gasteiger partial charge in [-0.05, 0) is 25.7 Å². The Morgan fingerprint density at radius 2 is 1.79 bits per heavy atom. The molecule has 9 heteroatoms. The number of nitrogens with one attached hydrogen (secondary N) is 2. The lowest BCUT2D eigenvalue weighted by Gasteiger charge is -2.21. The molecular weight excluding hydrogens is 438 g/mol. The molecule has 0 saturated carbocycles. The van der Waals surface area contributed by atoms with Gasteiger partial charge in [-0.25, -0.2) is 0 Å². The first-order valence-electron chi connectivity index (χ1n) is 8.00. The first-order valence-corrected chi connectivity index (χ1v) is 8.00. The first kappa shape index (κ1) is 25.9. The SMILES string of the molecule is CCOC(CCNC(=NC)NCCCOCC(F)(F)F)C(C)C.I. The molecule has 24 heavy (non-hydrogen) atoms. The molecule has 5 nitrogen and oxygen atoms in total. The van der Waals surface area contributed by atoms with Gasteiger partial charge in [0.25, 0.3) is 0 Å². The molecule has 0 rings (SSSR count). The van der Waals surface area contributed by atoms with E-state index < -0.39 is 12.8 Å². The molecule has 0 fully saturated rings. The van der Waals surface area contributed by atoms with Gasteiger partial charge in [0.15, 0.2) is 5.96 Å². The summed E-state index contributed by atoms with van der Waals surface area (Å²) in [6.07, 6.45) is -2.73. The summed E-state index contributed by atoms with van der Waals surface area (Å²) in [5, 5.41) is 6.21. The summed E-state index contributed by atoms with van der Waals surface area (Å²) in [4.78, 5) is 4.07. The van der Waals surface area contributed by atoms with Crippen LogP contribution in [0.2, 0.25) is 0 Å². The van der Waals surface area contributed by atoms with Gasteiger partial charge in [-0.15, -0.1) is 24.0 Å². The normalized spacial score (nSPS) is 13.6. The average Bonchev–Trinajstić information content (AvgIpc) is 2.46. The lowest BCUT2D eigenvalue weighted by atomic mass is 10.0. The van der Waals surface area contributed by atoms with E-state index in [-0.39, 0.29) is 36.7 Å². The number of rotatable bonds is 11. The molecule has 0 radical (unpaired) electrons. The van der Waals surface area contributed by atoms with E-state index in [2.05, 4.69) is 34.2 Å². The predicted octanol–water partition coefficient (Wildman–Crippen LogP) is 3.19. The Kier molecular flexibility index (Phi) is 16.2. The predicted molar refractivity (Wildman–Crippen MR) is 101 cm³/mol. The zero-order valence-corrected chi connectivity index (χ0v) is 17.2. The highest BCUT2D eigenvalue weighted by atomic mass is 127. The van der Waals surface area contributed by atoms with Crippen LogP contribution in [-0.4, -0.2) is 58.2 Å². The Labute approximate surface area is 160 Å². The van der Waals surface area contributed by atoms with E-state index in [1.165, 1.54) is 0 Å². The molecule has 0 heterocycles. The van der Waals surface area contributed by atoms with Crippen LogP contribution in [0.1, 0.15) is 33.6 Å². The molecule has 1 atom stereocenters. The fourth-order valence-corrected chi connectivity index (χ4v) is 1.95. The van der Waals surface area contributed by atoms with Crippen LogP contribution in [0, 0.1) is 5.92 Å². The van der Waals surface area contributed by atoms with E-state index in [1.54, 1.807) is 7.05 Å². The monoisotopic (exact) mass is 469 g/mol. The molecule has 2 N–H and O–H groups in total. The van der Waals surface area contributed by atoms with Gasteiger partial charge in [0, 0.05) is 33.4 Å². The molecule has 0 saturated heterocycles. The Hall–Kier alpha value is -0.290. The van der Waals surface area contributed by atoms with Gasteiger partial charge in [0.05, 0.1) is 6.10 Å². The Balaban J connectivity index is 0. The van der Waals surface area contributed by atoms with E-state index in [1.807, 2.05) is 6.92 Å². The zero-order chi connectivity index (χ0) is 17.7. The maximum atomic E-state index is 11.9. The second-order valence-electron chi connectivity index (χ2n) is 5.47. The molecule has 0 spiro atoms. The van der Waals surface area contributed by atoms with Crippen molar-refractivity contribution in [2.75, 3.05) is 40.0 Å². The topological polar surface area (TPSA) is 54.9 Å². The molecule has 0 aliphatic heterocycles. The summed E-state index contributed by atoms with van der Waals surface area (Å²) in [5.74, 6) is 1.07. The molecule has 0 aliphatic carbocycles. The molecule has 0 aliphatic rings. The van der Waals surface area contributed by atoms with Crippen molar-refractivity contribution in [3.05, 3.63) is 0 Å².